The summed E-state index contributed by atoms with van der Waals surface area (Å²) in [6.45, 7) is 6.61. The Morgan fingerprint density at radius 3 is 2.74 bits per heavy atom. The van der Waals surface area contributed by atoms with Crippen LogP contribution in [0.1, 0.15) is 30.0 Å². The molecule has 1 aliphatic heterocycles. The number of carboxylic acid groups (broad SMARTS) is 1. The average Bonchev–Trinajstić information content (AvgIpc) is 3.20. The molecule has 1 N–H and O–H groups in total. The highest BCUT2D eigenvalue weighted by Gasteiger charge is 2.31. The van der Waals surface area contributed by atoms with E-state index < -0.39 is 17.7 Å². The third kappa shape index (κ3) is 5.61. The Hall–Kier alpha value is -2.85. The number of thiazole rings is 1. The second kappa shape index (κ2) is 9.79. The minimum atomic E-state index is -4.37. The number of aryl methyl sites for hydroxylation is 1. The third-order valence-corrected chi connectivity index (χ3v) is 6.99. The zero-order chi connectivity index (χ0) is 24.5. The van der Waals surface area contributed by atoms with Gasteiger partial charge in [-0.3, -0.25) is 4.90 Å². The van der Waals surface area contributed by atoms with E-state index in [1.165, 1.54) is 23.5 Å². The highest BCUT2D eigenvalue weighted by molar-refractivity contribution is 7.22. The number of fused-ring (bicyclic) bond motifs is 1. The van der Waals surface area contributed by atoms with E-state index in [1.54, 1.807) is 0 Å². The van der Waals surface area contributed by atoms with Crippen LogP contribution in [0.25, 0.3) is 10.2 Å². The molecule has 0 spiro atoms. The molecule has 1 fully saturated rings. The Labute approximate surface area is 199 Å². The molecule has 10 heteroatoms. The molecule has 2 aromatic carbocycles. The van der Waals surface area contributed by atoms with E-state index in [4.69, 9.17) is 9.84 Å². The van der Waals surface area contributed by atoms with Crippen LogP contribution in [0.15, 0.2) is 36.4 Å². The van der Waals surface area contributed by atoms with Crippen LogP contribution >= 0.6 is 11.3 Å². The number of carbonyl (C=O) groups is 1. The summed E-state index contributed by atoms with van der Waals surface area (Å²) in [5.41, 5.74) is 1.97. The van der Waals surface area contributed by atoms with Gasteiger partial charge in [0.15, 0.2) is 11.7 Å². The Balaban J connectivity index is 1.47. The predicted octanol–water partition coefficient (Wildman–Crippen LogP) is 5.19. The molecule has 0 unspecified atom stereocenters. The van der Waals surface area contributed by atoms with Crippen molar-refractivity contribution < 1.29 is 27.8 Å². The summed E-state index contributed by atoms with van der Waals surface area (Å²) < 4.78 is 45.1. The number of carboxylic acids is 1. The molecule has 0 aliphatic carbocycles. The van der Waals surface area contributed by atoms with E-state index in [0.29, 0.717) is 22.5 Å². The fourth-order valence-corrected chi connectivity index (χ4v) is 5.30. The van der Waals surface area contributed by atoms with Crippen molar-refractivity contribution in [3.63, 3.8) is 0 Å². The third-order valence-electron chi connectivity index (χ3n) is 5.91. The molecule has 0 bridgehead atoms. The summed E-state index contributed by atoms with van der Waals surface area (Å²) in [6, 6.07) is 9.70. The molecule has 3 aromatic rings. The lowest BCUT2D eigenvalue weighted by Gasteiger charge is -2.41. The second-order valence-corrected chi connectivity index (χ2v) is 9.50. The summed E-state index contributed by atoms with van der Waals surface area (Å²) in [5.74, 6) is -0.480. The van der Waals surface area contributed by atoms with Gasteiger partial charge >= 0.3 is 12.1 Å². The molecule has 0 amide bonds. The molecule has 34 heavy (non-hydrogen) atoms. The van der Waals surface area contributed by atoms with Gasteiger partial charge < -0.3 is 14.7 Å². The first-order chi connectivity index (χ1) is 16.1. The molecule has 2 heterocycles. The first-order valence-corrected chi connectivity index (χ1v) is 11.9. The van der Waals surface area contributed by atoms with E-state index in [-0.39, 0.29) is 12.6 Å². The lowest BCUT2D eigenvalue weighted by atomic mass is 10.1. The van der Waals surface area contributed by atoms with Crippen molar-refractivity contribution in [3.05, 3.63) is 53.1 Å². The molecular formula is C24H26F3N3O3S. The predicted molar refractivity (Wildman–Crippen MR) is 126 cm³/mol. The number of alkyl halides is 3. The maximum absolute atomic E-state index is 13.1. The van der Waals surface area contributed by atoms with Crippen molar-refractivity contribution in [2.75, 3.05) is 31.1 Å². The number of benzene rings is 2. The van der Waals surface area contributed by atoms with E-state index in [9.17, 15) is 18.0 Å². The lowest BCUT2D eigenvalue weighted by molar-refractivity contribution is -0.139. The number of anilines is 1. The Kier molecular flexibility index (Phi) is 6.99. The molecule has 1 saturated heterocycles. The van der Waals surface area contributed by atoms with Crippen molar-refractivity contribution in [3.8, 4) is 5.75 Å². The maximum atomic E-state index is 13.1. The number of piperazine rings is 1. The minimum absolute atomic E-state index is 0.246. The van der Waals surface area contributed by atoms with Gasteiger partial charge in [-0.1, -0.05) is 24.3 Å². The number of hydrogen-bond donors (Lipinski definition) is 1. The van der Waals surface area contributed by atoms with Gasteiger partial charge in [0.2, 0.25) is 0 Å². The second-order valence-electron chi connectivity index (χ2n) is 8.49. The van der Waals surface area contributed by atoms with Crippen LogP contribution in [-0.2, 0) is 17.5 Å². The topological polar surface area (TPSA) is 65.9 Å². The van der Waals surface area contributed by atoms with Crippen molar-refractivity contribution in [1.82, 2.24) is 9.88 Å². The van der Waals surface area contributed by atoms with Crippen LogP contribution < -0.4 is 9.64 Å². The monoisotopic (exact) mass is 493 g/mol. The molecule has 6 nitrogen and oxygen atoms in total. The van der Waals surface area contributed by atoms with Crippen LogP contribution in [0.2, 0.25) is 0 Å². The van der Waals surface area contributed by atoms with Crippen molar-refractivity contribution in [2.24, 2.45) is 0 Å². The van der Waals surface area contributed by atoms with Gasteiger partial charge in [-0.05, 0) is 54.8 Å². The summed E-state index contributed by atoms with van der Waals surface area (Å²) in [6.07, 6.45) is -3.46. The number of hydrogen-bond acceptors (Lipinski definition) is 6. The number of nitrogens with zero attached hydrogens (tertiary/aromatic N) is 3. The minimum Gasteiger partial charge on any atom is -0.482 e. The summed E-state index contributed by atoms with van der Waals surface area (Å²) in [7, 11) is 0. The highest BCUT2D eigenvalue weighted by Crippen LogP contribution is 2.36. The van der Waals surface area contributed by atoms with Crippen molar-refractivity contribution >= 4 is 32.7 Å². The quantitative estimate of drug-likeness (QED) is 0.489. The first kappa shape index (κ1) is 24.3. The molecular weight excluding hydrogens is 467 g/mol. The summed E-state index contributed by atoms with van der Waals surface area (Å²) >= 11 is 1.30. The zero-order valence-corrected chi connectivity index (χ0v) is 19.7. The summed E-state index contributed by atoms with van der Waals surface area (Å²) in [4.78, 5) is 19.9. The molecule has 0 radical (unpaired) electrons. The largest absolute Gasteiger partial charge is 0.482 e. The van der Waals surface area contributed by atoms with E-state index >= 15 is 0 Å². The van der Waals surface area contributed by atoms with Gasteiger partial charge in [-0.2, -0.15) is 13.2 Å². The van der Waals surface area contributed by atoms with Gasteiger partial charge in [-0.15, -0.1) is 0 Å². The normalized spacial score (nSPS) is 17.3. The lowest BCUT2D eigenvalue weighted by Crippen LogP contribution is -2.52. The smallest absolute Gasteiger partial charge is 0.416 e. The van der Waals surface area contributed by atoms with Crippen molar-refractivity contribution in [2.45, 2.75) is 39.0 Å². The number of aliphatic carboxylic acids is 1. The van der Waals surface area contributed by atoms with Crippen LogP contribution in [0.5, 0.6) is 5.75 Å². The average molecular weight is 494 g/mol. The Morgan fingerprint density at radius 1 is 1.24 bits per heavy atom. The Morgan fingerprint density at radius 2 is 2.03 bits per heavy atom. The van der Waals surface area contributed by atoms with Crippen LogP contribution in [0, 0.1) is 6.92 Å². The fourth-order valence-electron chi connectivity index (χ4n) is 4.26. The zero-order valence-electron chi connectivity index (χ0n) is 18.9. The number of halogens is 3. The van der Waals surface area contributed by atoms with Crippen molar-refractivity contribution in [1.29, 1.82) is 0 Å². The van der Waals surface area contributed by atoms with Crippen LogP contribution in [0.4, 0.5) is 18.3 Å². The Bertz CT molecular complexity index is 1180. The van der Waals surface area contributed by atoms with Gasteiger partial charge in [0.25, 0.3) is 0 Å². The summed E-state index contributed by atoms with van der Waals surface area (Å²) in [5, 5.41) is 9.61. The van der Waals surface area contributed by atoms with E-state index in [0.717, 1.165) is 48.4 Å². The van der Waals surface area contributed by atoms with Crippen LogP contribution in [-0.4, -0.2) is 53.2 Å². The van der Waals surface area contributed by atoms with E-state index in [2.05, 4.69) is 27.8 Å². The number of ether oxygens (including phenoxy) is 1. The standard InChI is InChI=1S/C24H26F3N3O3S/c1-3-18-13-30(23-28-20-5-4-17(24(25,26)27)11-21(20)34-23)7-6-29(18)12-16-8-15(2)9-19(10-16)33-14-22(31)32/h4-5,8-11,18H,3,6-7,12-14H2,1-2H3,(H,31,32)/t18-/m0/s1. The molecule has 1 aromatic heterocycles. The maximum Gasteiger partial charge on any atom is 0.416 e. The molecule has 182 valence electrons. The molecule has 1 atom stereocenters. The highest BCUT2D eigenvalue weighted by atomic mass is 32.1. The number of aromatic nitrogens is 1. The molecule has 0 saturated carbocycles. The van der Waals surface area contributed by atoms with Gasteiger partial charge in [-0.25, -0.2) is 9.78 Å². The molecule has 4 rings (SSSR count). The van der Waals surface area contributed by atoms with Gasteiger partial charge in [0.05, 0.1) is 15.8 Å². The molecule has 1 aliphatic rings. The van der Waals surface area contributed by atoms with E-state index in [1.807, 2.05) is 19.1 Å². The van der Waals surface area contributed by atoms with Crippen LogP contribution in [0.3, 0.4) is 0 Å². The number of rotatable bonds is 7. The fraction of sp³-hybridized carbons (Fsp3) is 0.417. The van der Waals surface area contributed by atoms with Gasteiger partial charge in [0, 0.05) is 32.2 Å². The first-order valence-electron chi connectivity index (χ1n) is 11.0. The van der Waals surface area contributed by atoms with Gasteiger partial charge in [0.1, 0.15) is 5.75 Å². The SMILES string of the molecule is CC[C@H]1CN(c2nc3ccc(C(F)(F)F)cc3s2)CCN1Cc1cc(C)cc(OCC(=O)O)c1.